The van der Waals surface area contributed by atoms with Crippen LogP contribution in [0.3, 0.4) is 0 Å². The van der Waals surface area contributed by atoms with E-state index in [1.807, 2.05) is 12.1 Å². The summed E-state index contributed by atoms with van der Waals surface area (Å²) in [6.45, 7) is 8.32. The number of hydrogen-bond acceptors (Lipinski definition) is 5. The van der Waals surface area contributed by atoms with E-state index in [1.54, 1.807) is 19.3 Å². The molecule has 0 radical (unpaired) electrons. The molecule has 4 rings (SSSR count). The van der Waals surface area contributed by atoms with Crippen molar-refractivity contribution in [2.45, 2.75) is 44.8 Å². The van der Waals surface area contributed by atoms with Crippen LogP contribution in [-0.4, -0.2) is 72.5 Å². The molecule has 2 saturated heterocycles. The van der Waals surface area contributed by atoms with Gasteiger partial charge in [-0.2, -0.15) is 0 Å². The zero-order valence-corrected chi connectivity index (χ0v) is 20.9. The van der Waals surface area contributed by atoms with E-state index < -0.39 is 0 Å². The number of carbonyl (C=O) groups is 1. The Labute approximate surface area is 208 Å². The summed E-state index contributed by atoms with van der Waals surface area (Å²) in [4.78, 5) is 23.9. The van der Waals surface area contributed by atoms with Crippen molar-refractivity contribution >= 4 is 34.9 Å². The van der Waals surface area contributed by atoms with Crippen molar-refractivity contribution < 1.29 is 6.22 Å². The van der Waals surface area contributed by atoms with Crippen LogP contribution in [0.2, 0.25) is 10.0 Å². The van der Waals surface area contributed by atoms with Crippen LogP contribution in [0.5, 0.6) is 0 Å². The van der Waals surface area contributed by atoms with Gasteiger partial charge in [-0.25, -0.2) is 4.98 Å². The molecular formula is C25H35Cl2N5O. The van der Waals surface area contributed by atoms with Gasteiger partial charge in [0.2, 0.25) is 0 Å². The topological polar surface area (TPSA) is 51.7 Å². The highest BCUT2D eigenvalue weighted by Gasteiger charge is 2.34. The van der Waals surface area contributed by atoms with Crippen molar-refractivity contribution in [2.24, 2.45) is 0 Å². The summed E-state index contributed by atoms with van der Waals surface area (Å²) in [6, 6.07) is 11.0. The number of aromatic nitrogens is 1. The molecule has 1 aromatic carbocycles. The SMILES string of the molecule is CC[C@H]1CN(c2ncc(C(=O)NC)cc2Cl)CCN1C1CCN(Cc2ccc(Cl)cc2)CC1.[HH]. The maximum Gasteiger partial charge on any atom is 0.252 e. The van der Waals surface area contributed by atoms with Gasteiger partial charge in [0.05, 0.1) is 10.6 Å². The largest absolute Gasteiger partial charge is 0.355 e. The average molecular weight is 492 g/mol. The van der Waals surface area contributed by atoms with E-state index in [2.05, 4.69) is 44.1 Å². The lowest BCUT2D eigenvalue weighted by Crippen LogP contribution is -2.58. The summed E-state index contributed by atoms with van der Waals surface area (Å²) in [5.74, 6) is 0.606. The van der Waals surface area contributed by atoms with Crippen molar-refractivity contribution in [3.8, 4) is 0 Å². The molecule has 0 saturated carbocycles. The zero-order valence-electron chi connectivity index (χ0n) is 19.4. The Morgan fingerprint density at radius 1 is 1.15 bits per heavy atom. The normalized spacial score (nSPS) is 20.7. The Balaban J connectivity index is 0.00000324. The van der Waals surface area contributed by atoms with Gasteiger partial charge in [-0.15, -0.1) is 0 Å². The third kappa shape index (κ3) is 5.80. The molecule has 6 nitrogen and oxygen atoms in total. The number of likely N-dealkylation sites (tertiary alicyclic amines) is 1. The minimum Gasteiger partial charge on any atom is -0.355 e. The van der Waals surface area contributed by atoms with Crippen molar-refractivity contribution in [1.29, 1.82) is 0 Å². The van der Waals surface area contributed by atoms with Gasteiger partial charge in [-0.1, -0.05) is 42.3 Å². The molecule has 0 unspecified atom stereocenters. The predicted octanol–water partition coefficient (Wildman–Crippen LogP) is 4.56. The van der Waals surface area contributed by atoms with Crippen LogP contribution in [0, 0.1) is 0 Å². The van der Waals surface area contributed by atoms with E-state index in [0.29, 0.717) is 22.7 Å². The smallest absolute Gasteiger partial charge is 0.252 e. The first-order valence-electron chi connectivity index (χ1n) is 11.8. The number of amides is 1. The second-order valence-corrected chi connectivity index (χ2v) is 9.83. The summed E-state index contributed by atoms with van der Waals surface area (Å²) in [5.41, 5.74) is 1.81. The molecule has 2 fully saturated rings. The van der Waals surface area contributed by atoms with Crippen LogP contribution in [0.25, 0.3) is 0 Å². The lowest BCUT2D eigenvalue weighted by Gasteiger charge is -2.47. The highest BCUT2D eigenvalue weighted by molar-refractivity contribution is 6.33. The van der Waals surface area contributed by atoms with E-state index >= 15 is 0 Å². The Morgan fingerprint density at radius 2 is 1.88 bits per heavy atom. The van der Waals surface area contributed by atoms with Gasteiger partial charge in [0.15, 0.2) is 0 Å². The highest BCUT2D eigenvalue weighted by Crippen LogP contribution is 2.29. The van der Waals surface area contributed by atoms with Gasteiger partial charge in [-0.3, -0.25) is 14.6 Å². The van der Waals surface area contributed by atoms with Crippen LogP contribution >= 0.6 is 23.2 Å². The molecule has 33 heavy (non-hydrogen) atoms. The molecular weight excluding hydrogens is 457 g/mol. The van der Waals surface area contributed by atoms with Gasteiger partial charge >= 0.3 is 0 Å². The predicted molar refractivity (Wildman–Crippen MR) is 138 cm³/mol. The van der Waals surface area contributed by atoms with Crippen molar-refractivity contribution in [1.82, 2.24) is 20.1 Å². The number of rotatable bonds is 6. The summed E-state index contributed by atoms with van der Waals surface area (Å²) in [6.07, 6.45) is 5.10. The number of halogens is 2. The number of carbonyl (C=O) groups excluding carboxylic acids is 1. The van der Waals surface area contributed by atoms with Crippen molar-refractivity contribution in [3.05, 3.63) is 57.7 Å². The Kier molecular flexibility index (Phi) is 8.12. The fraction of sp³-hybridized carbons (Fsp3) is 0.520. The second kappa shape index (κ2) is 11.0. The molecule has 2 aliphatic rings. The summed E-state index contributed by atoms with van der Waals surface area (Å²) in [5, 5.41) is 3.95. The molecule has 3 heterocycles. The number of nitrogens with zero attached hydrogens (tertiary/aromatic N) is 4. The third-order valence-corrected chi connectivity index (χ3v) is 7.49. The number of pyridine rings is 1. The van der Waals surface area contributed by atoms with Crippen LogP contribution in [0.1, 0.15) is 43.5 Å². The van der Waals surface area contributed by atoms with Crippen LogP contribution in [-0.2, 0) is 6.54 Å². The number of benzene rings is 1. The van der Waals surface area contributed by atoms with Gasteiger partial charge in [0.1, 0.15) is 5.82 Å². The summed E-state index contributed by atoms with van der Waals surface area (Å²) in [7, 11) is 1.61. The Bertz CT molecular complexity index is 953. The number of piperazine rings is 1. The molecule has 1 aromatic heterocycles. The van der Waals surface area contributed by atoms with Gasteiger partial charge < -0.3 is 10.2 Å². The third-order valence-electron chi connectivity index (χ3n) is 6.96. The molecule has 0 bridgehead atoms. The summed E-state index contributed by atoms with van der Waals surface area (Å²) < 4.78 is 0. The fourth-order valence-corrected chi connectivity index (χ4v) is 5.51. The van der Waals surface area contributed by atoms with Crippen LogP contribution < -0.4 is 10.2 Å². The van der Waals surface area contributed by atoms with E-state index in [-0.39, 0.29) is 7.33 Å². The minimum atomic E-state index is -0.172. The Hall–Kier alpha value is -1.86. The Morgan fingerprint density at radius 3 is 2.52 bits per heavy atom. The van der Waals surface area contributed by atoms with Gasteiger partial charge in [0, 0.05) is 58.0 Å². The first-order chi connectivity index (χ1) is 16.0. The average Bonchev–Trinajstić information content (AvgIpc) is 2.85. The first kappa shape index (κ1) is 24.3. The minimum absolute atomic E-state index is 0. The maximum absolute atomic E-state index is 11.9. The zero-order chi connectivity index (χ0) is 23.4. The van der Waals surface area contributed by atoms with Crippen LogP contribution in [0.4, 0.5) is 5.82 Å². The molecule has 0 aliphatic carbocycles. The quantitative estimate of drug-likeness (QED) is 0.641. The molecule has 1 N–H and O–H groups in total. The number of hydrogen-bond donors (Lipinski definition) is 1. The monoisotopic (exact) mass is 491 g/mol. The van der Waals surface area contributed by atoms with Gasteiger partial charge in [0.25, 0.3) is 5.91 Å². The molecule has 1 atom stereocenters. The lowest BCUT2D eigenvalue weighted by atomic mass is 9.98. The lowest BCUT2D eigenvalue weighted by molar-refractivity contribution is 0.0610. The van der Waals surface area contributed by atoms with Crippen LogP contribution in [0.15, 0.2) is 36.5 Å². The van der Waals surface area contributed by atoms with Gasteiger partial charge in [-0.05, 0) is 56.1 Å². The maximum atomic E-state index is 11.9. The van der Waals surface area contributed by atoms with Crippen molar-refractivity contribution in [3.63, 3.8) is 0 Å². The molecule has 0 spiro atoms. The first-order valence-corrected chi connectivity index (χ1v) is 12.6. The van der Waals surface area contributed by atoms with E-state index in [1.165, 1.54) is 18.4 Å². The van der Waals surface area contributed by atoms with E-state index in [0.717, 1.165) is 56.5 Å². The molecule has 1 amide bonds. The molecule has 8 heteroatoms. The molecule has 2 aliphatic heterocycles. The second-order valence-electron chi connectivity index (χ2n) is 8.99. The molecule has 2 aromatic rings. The fourth-order valence-electron chi connectivity index (χ4n) is 5.10. The number of anilines is 1. The molecule has 180 valence electrons. The van der Waals surface area contributed by atoms with E-state index in [4.69, 9.17) is 23.2 Å². The van der Waals surface area contributed by atoms with Crippen molar-refractivity contribution in [2.75, 3.05) is 44.7 Å². The van der Waals surface area contributed by atoms with E-state index in [9.17, 15) is 4.79 Å². The standard InChI is InChI=1S/C25H33Cl2N5O.H2/c1-3-21-17-31(24-23(27)14-19(15-29-24)25(33)28-2)12-13-32(21)22-8-10-30(11-9-22)16-18-4-6-20(26)7-5-18;/h4-7,14-15,21-22H,3,8-13,16-17H2,1-2H3,(H,28,33);1H/t21-;/m0./s1. The number of piperidine rings is 1. The summed E-state index contributed by atoms with van der Waals surface area (Å²) >= 11 is 12.5. The highest BCUT2D eigenvalue weighted by atomic mass is 35.5. The number of nitrogens with one attached hydrogen (secondary N) is 1.